The molecule has 0 radical (unpaired) electrons. The van der Waals surface area contributed by atoms with E-state index in [2.05, 4.69) is 35.0 Å². The van der Waals surface area contributed by atoms with Crippen molar-refractivity contribution >= 4 is 24.8 Å². The average molecular weight is 598 g/mol. The number of unbranched alkanes of at least 4 members (excludes halogenated alkanes) is 15. The Morgan fingerprint density at radius 1 is 0.500 bits per heavy atom. The number of quaternary nitrogens is 1. The van der Waals surface area contributed by atoms with Crippen molar-refractivity contribution in [2.75, 3.05) is 34.2 Å². The molecule has 0 aliphatic heterocycles. The Hall–Kier alpha value is 0.410. The van der Waals surface area contributed by atoms with Gasteiger partial charge in [-0.05, 0) is 25.8 Å². The second kappa shape index (κ2) is 21.5. The predicted octanol–water partition coefficient (Wildman–Crippen LogP) is 11.3. The molecule has 0 bridgehead atoms. The molecule has 34 heavy (non-hydrogen) atoms. The molecule has 0 saturated heterocycles. The molecule has 0 aromatic heterocycles. The van der Waals surface area contributed by atoms with Gasteiger partial charge >= 0.3 is 33.0 Å². The summed E-state index contributed by atoms with van der Waals surface area (Å²) < 4.78 is 60.3. The summed E-state index contributed by atoms with van der Waals surface area (Å²) >= 11 is 0. The molecular weight excluding hydrogens is 541 g/mol. The van der Waals surface area contributed by atoms with Gasteiger partial charge < -0.3 is 10.2 Å². The summed E-state index contributed by atoms with van der Waals surface area (Å²) in [6, 6.07) is 0. The molecule has 0 atom stereocenters. The van der Waals surface area contributed by atoms with Crippen molar-refractivity contribution in [1.29, 1.82) is 0 Å². The van der Waals surface area contributed by atoms with Crippen LogP contribution < -0.4 is 5.73 Å². The van der Waals surface area contributed by atoms with Crippen LogP contribution in [-0.4, -0.2) is 38.7 Å². The van der Waals surface area contributed by atoms with Crippen molar-refractivity contribution in [3.63, 3.8) is 0 Å². The van der Waals surface area contributed by atoms with Gasteiger partial charge in [0.15, 0.2) is 0 Å². The van der Waals surface area contributed by atoms with Gasteiger partial charge in [-0.15, -0.1) is 17.0 Å². The second-order valence-corrected chi connectivity index (χ2v) is 12.0. The summed E-state index contributed by atoms with van der Waals surface area (Å²) in [4.78, 5) is 0. The molecule has 0 fully saturated rings. The Balaban J connectivity index is -0.000000264. The number of hydrogen-bond acceptors (Lipinski definition) is 1. The van der Waals surface area contributed by atoms with Gasteiger partial charge in [0.1, 0.15) is 0 Å². The van der Waals surface area contributed by atoms with Crippen LogP contribution in [0, 0.1) is 0 Å². The Morgan fingerprint density at radius 3 is 0.941 bits per heavy atom. The monoisotopic (exact) mass is 596 g/mol. The molecule has 2 nitrogen and oxygen atoms in total. The van der Waals surface area contributed by atoms with E-state index >= 15 is 0 Å². The minimum absolute atomic E-state index is 0. The number of halogens is 7. The zero-order valence-electron chi connectivity index (χ0n) is 22.6. The molecule has 0 heterocycles. The molecule has 0 spiro atoms. The molecule has 0 unspecified atom stereocenters. The van der Waals surface area contributed by atoms with E-state index in [0.717, 1.165) is 11.0 Å². The van der Waals surface area contributed by atoms with Crippen molar-refractivity contribution in [1.82, 2.24) is 0 Å². The normalized spacial score (nSPS) is 13.4. The molecule has 0 aliphatic rings. The first kappa shape index (κ1) is 41.5. The van der Waals surface area contributed by atoms with Crippen LogP contribution in [-0.2, 0) is 0 Å². The zero-order valence-corrected chi connectivity index (χ0v) is 25.2. The van der Waals surface area contributed by atoms with Crippen molar-refractivity contribution < 1.29 is 29.7 Å². The van der Waals surface area contributed by atoms with Crippen molar-refractivity contribution in [3.05, 3.63) is 0 Å². The fraction of sp³-hybridized carbons (Fsp3) is 1.00. The van der Waals surface area contributed by atoms with Gasteiger partial charge in [0.2, 0.25) is 0 Å². The molecule has 0 aliphatic carbocycles. The maximum absolute atomic E-state index is 10.7. The molecule has 0 saturated carbocycles. The van der Waals surface area contributed by atoms with Crippen LogP contribution in [0.25, 0.3) is 0 Å². The van der Waals surface area contributed by atoms with E-state index in [1.54, 1.807) is 0 Å². The van der Waals surface area contributed by atoms with E-state index in [9.17, 15) is 25.2 Å². The molecule has 216 valence electrons. The van der Waals surface area contributed by atoms with Crippen LogP contribution in [0.1, 0.15) is 123 Å². The summed E-state index contributed by atoms with van der Waals surface area (Å²) in [5, 5.41) is 0. The topological polar surface area (TPSA) is 26.0 Å². The Morgan fingerprint density at radius 2 is 0.735 bits per heavy atom. The first-order valence-electron chi connectivity index (χ1n) is 13.0. The summed E-state index contributed by atoms with van der Waals surface area (Å²) in [5.74, 6) is 0. The van der Waals surface area contributed by atoms with E-state index in [-0.39, 0.29) is 17.0 Å². The average Bonchev–Trinajstić information content (AvgIpc) is 2.64. The molecule has 0 aromatic carbocycles. The van der Waals surface area contributed by atoms with E-state index in [1.165, 1.54) is 116 Å². The summed E-state index contributed by atoms with van der Waals surface area (Å²) in [6.45, 7) is 6.66. The molecule has 0 rings (SSSR count). The first-order chi connectivity index (χ1) is 14.9. The van der Waals surface area contributed by atoms with E-state index in [4.69, 9.17) is 5.73 Å². The van der Waals surface area contributed by atoms with Crippen LogP contribution in [0.4, 0.5) is 25.2 Å². The third kappa shape index (κ3) is 76.8. The van der Waals surface area contributed by atoms with Crippen molar-refractivity contribution in [2.45, 2.75) is 123 Å². The standard InChI is InChI=1S/C19H42N.C5H13N.BrH.F6P/c1-5-6-7-8-9-10-11-12-13-14-15-16-17-18-19-20(2,3)4;1-2-3-4-5-6;;1-7(2,3,4,5)6/h5-19H2,1-4H3;2-6H2,1H3;1H;/q+1;;;-1. The second-order valence-electron chi connectivity index (χ2n) is 10.1. The quantitative estimate of drug-likeness (QED) is 0.0723. The molecular formula is C24H56BrF6N2P. The molecule has 10 heteroatoms. The Labute approximate surface area is 217 Å². The summed E-state index contributed by atoms with van der Waals surface area (Å²) in [5.41, 5.74) is 5.21. The SMILES string of the molecule is Br.CCCCCCCCCCCCCCCC[N+](C)(C)C.CCCCCN.F[P-](F)(F)(F)(F)F. The van der Waals surface area contributed by atoms with Gasteiger partial charge in [0, 0.05) is 0 Å². The Bertz CT molecular complexity index is 399. The van der Waals surface area contributed by atoms with Crippen LogP contribution in [0.15, 0.2) is 0 Å². The van der Waals surface area contributed by atoms with Crippen LogP contribution in [0.3, 0.4) is 0 Å². The Kier molecular flexibility index (Phi) is 26.3. The van der Waals surface area contributed by atoms with E-state index < -0.39 is 7.81 Å². The number of hydrogen-bond donors (Lipinski definition) is 1. The third-order valence-electron chi connectivity index (χ3n) is 4.99. The van der Waals surface area contributed by atoms with Gasteiger partial charge in [-0.2, -0.15) is 0 Å². The fourth-order valence-corrected chi connectivity index (χ4v) is 3.18. The molecule has 2 N–H and O–H groups in total. The van der Waals surface area contributed by atoms with E-state index in [0.29, 0.717) is 0 Å². The molecule has 0 aromatic rings. The van der Waals surface area contributed by atoms with Crippen LogP contribution >= 0.6 is 24.8 Å². The zero-order chi connectivity index (χ0) is 26.3. The fourth-order valence-electron chi connectivity index (χ4n) is 3.18. The van der Waals surface area contributed by atoms with Crippen molar-refractivity contribution in [3.8, 4) is 0 Å². The minimum atomic E-state index is -10.7. The summed E-state index contributed by atoms with van der Waals surface area (Å²) in [6.07, 6.45) is 24.1. The third-order valence-corrected chi connectivity index (χ3v) is 4.99. The van der Waals surface area contributed by atoms with Crippen LogP contribution in [0.2, 0.25) is 0 Å². The van der Waals surface area contributed by atoms with Gasteiger partial charge in [-0.25, -0.2) is 0 Å². The maximum atomic E-state index is 9.87. The van der Waals surface area contributed by atoms with Gasteiger partial charge in [0.05, 0.1) is 27.7 Å². The predicted molar refractivity (Wildman–Crippen MR) is 146 cm³/mol. The van der Waals surface area contributed by atoms with Gasteiger partial charge in [0.25, 0.3) is 0 Å². The van der Waals surface area contributed by atoms with Crippen molar-refractivity contribution in [2.24, 2.45) is 5.73 Å². The number of nitrogens with zero attached hydrogens (tertiary/aromatic N) is 1. The summed E-state index contributed by atoms with van der Waals surface area (Å²) in [7, 11) is -3.78. The van der Waals surface area contributed by atoms with Gasteiger partial charge in [-0.3, -0.25) is 0 Å². The first-order valence-corrected chi connectivity index (χ1v) is 15.0. The number of rotatable bonds is 18. The van der Waals surface area contributed by atoms with E-state index in [1.807, 2.05) is 0 Å². The van der Waals surface area contributed by atoms with Gasteiger partial charge in [-0.1, -0.05) is 104 Å². The van der Waals surface area contributed by atoms with Crippen LogP contribution in [0.5, 0.6) is 0 Å². The number of nitrogens with two attached hydrogens (primary N) is 1. The molecule has 0 amide bonds.